The summed E-state index contributed by atoms with van der Waals surface area (Å²) < 4.78 is 17.1. The Bertz CT molecular complexity index is 677. The summed E-state index contributed by atoms with van der Waals surface area (Å²) in [5, 5.41) is 0. The molecule has 0 bridgehead atoms. The van der Waals surface area contributed by atoms with Crippen LogP contribution in [0.5, 0.6) is 5.75 Å². The number of rotatable bonds is 0. The summed E-state index contributed by atoms with van der Waals surface area (Å²) in [7, 11) is 0. The maximum Gasteiger partial charge on any atom is 0.230 e. The van der Waals surface area contributed by atoms with Crippen molar-refractivity contribution >= 4 is 0 Å². The Balaban J connectivity index is 1.83. The van der Waals surface area contributed by atoms with Crippen LogP contribution in [-0.4, -0.2) is 6.79 Å². The van der Waals surface area contributed by atoms with Gasteiger partial charge < -0.3 is 14.2 Å². The zero-order chi connectivity index (χ0) is 13.4. The molecule has 0 N–H and O–H groups in total. The molecule has 0 aromatic heterocycles. The molecule has 100 valence electrons. The van der Waals surface area contributed by atoms with Gasteiger partial charge in [0.05, 0.1) is 6.26 Å². The van der Waals surface area contributed by atoms with Gasteiger partial charge in [0, 0.05) is 12.0 Å². The molecular weight excluding hydrogens is 252 g/mol. The lowest BCUT2D eigenvalue weighted by Crippen LogP contribution is -2.16. The van der Waals surface area contributed by atoms with E-state index in [1.54, 1.807) is 6.26 Å². The molecule has 0 radical (unpaired) electrons. The molecule has 3 nitrogen and oxygen atoms in total. The summed E-state index contributed by atoms with van der Waals surface area (Å²) in [5.41, 5.74) is 3.46. The minimum atomic E-state index is 0.231. The number of fused-ring (bicyclic) bond motifs is 3. The van der Waals surface area contributed by atoms with Gasteiger partial charge in [0.15, 0.2) is 0 Å². The molecule has 1 aromatic carbocycles. The lowest BCUT2D eigenvalue weighted by Gasteiger charge is -2.27. The molecule has 3 heteroatoms. The highest BCUT2D eigenvalue weighted by atomic mass is 16.7. The molecule has 20 heavy (non-hydrogen) atoms. The number of hydrogen-bond donors (Lipinski definition) is 0. The average Bonchev–Trinajstić information content (AvgIpc) is 2.47. The molecule has 0 saturated heterocycles. The second-order valence-corrected chi connectivity index (χ2v) is 4.91. The van der Waals surface area contributed by atoms with Crippen LogP contribution in [0.2, 0.25) is 0 Å². The Labute approximate surface area is 117 Å². The standard InChI is InChI=1S/C17H14O3/c1-2-6-15-13(4-1)10-14-16(20-11-19-15)8-7-12-5-3-9-18-17(12)14/h1-6,8-9H,7,10-11H2. The van der Waals surface area contributed by atoms with Gasteiger partial charge in [0.2, 0.25) is 6.79 Å². The first-order valence-electron chi connectivity index (χ1n) is 6.72. The number of hydrogen-bond acceptors (Lipinski definition) is 3. The minimum absolute atomic E-state index is 0.231. The van der Waals surface area contributed by atoms with Crippen LogP contribution < -0.4 is 4.74 Å². The van der Waals surface area contributed by atoms with Gasteiger partial charge in [-0.25, -0.2) is 0 Å². The van der Waals surface area contributed by atoms with E-state index in [1.165, 1.54) is 5.57 Å². The fourth-order valence-electron chi connectivity index (χ4n) is 2.73. The van der Waals surface area contributed by atoms with Crippen molar-refractivity contribution in [2.75, 3.05) is 6.79 Å². The molecule has 0 saturated carbocycles. The predicted octanol–water partition coefficient (Wildman–Crippen LogP) is 3.61. The fourth-order valence-corrected chi connectivity index (χ4v) is 2.73. The Morgan fingerprint density at radius 2 is 2.00 bits per heavy atom. The monoisotopic (exact) mass is 266 g/mol. The van der Waals surface area contributed by atoms with Crippen molar-refractivity contribution < 1.29 is 14.2 Å². The van der Waals surface area contributed by atoms with Crippen molar-refractivity contribution in [3.05, 3.63) is 77.0 Å². The SMILES string of the molecule is C1=COC2=C3Cc4ccccc4OCOC3=CCC2=C1. The largest absolute Gasteiger partial charge is 0.464 e. The number of allylic oxidation sites excluding steroid dienone is 5. The van der Waals surface area contributed by atoms with Crippen molar-refractivity contribution in [2.45, 2.75) is 12.8 Å². The van der Waals surface area contributed by atoms with E-state index in [0.29, 0.717) is 0 Å². The molecule has 1 aromatic rings. The van der Waals surface area contributed by atoms with Gasteiger partial charge in [-0.1, -0.05) is 24.3 Å². The second kappa shape index (κ2) is 4.60. The number of para-hydroxylation sites is 1. The van der Waals surface area contributed by atoms with Crippen molar-refractivity contribution in [3.63, 3.8) is 0 Å². The first-order valence-corrected chi connectivity index (χ1v) is 6.72. The third kappa shape index (κ3) is 1.83. The molecular formula is C17H14O3. The topological polar surface area (TPSA) is 27.7 Å². The molecule has 1 aliphatic carbocycles. The highest BCUT2D eigenvalue weighted by Crippen LogP contribution is 2.37. The van der Waals surface area contributed by atoms with Gasteiger partial charge in [-0.05, 0) is 35.8 Å². The molecule has 2 heterocycles. The van der Waals surface area contributed by atoms with E-state index in [4.69, 9.17) is 14.2 Å². The van der Waals surface area contributed by atoms with Crippen LogP contribution in [-0.2, 0) is 15.9 Å². The van der Waals surface area contributed by atoms with Gasteiger partial charge in [-0.3, -0.25) is 0 Å². The predicted molar refractivity (Wildman–Crippen MR) is 74.8 cm³/mol. The average molecular weight is 266 g/mol. The van der Waals surface area contributed by atoms with E-state index in [-0.39, 0.29) is 6.79 Å². The molecule has 4 rings (SSSR count). The van der Waals surface area contributed by atoms with Gasteiger partial charge in [-0.15, -0.1) is 0 Å². The van der Waals surface area contributed by atoms with E-state index in [1.807, 2.05) is 24.3 Å². The summed E-state index contributed by atoms with van der Waals surface area (Å²) in [6, 6.07) is 8.06. The Morgan fingerprint density at radius 1 is 1.05 bits per heavy atom. The maximum absolute atomic E-state index is 5.74. The third-order valence-corrected chi connectivity index (χ3v) is 3.70. The van der Waals surface area contributed by atoms with Crippen molar-refractivity contribution in [1.29, 1.82) is 0 Å². The lowest BCUT2D eigenvalue weighted by atomic mass is 9.92. The first-order chi connectivity index (χ1) is 9.92. The van der Waals surface area contributed by atoms with Crippen LogP contribution in [0.1, 0.15) is 12.0 Å². The highest BCUT2D eigenvalue weighted by molar-refractivity contribution is 5.51. The Hall–Kier alpha value is -2.42. The number of ether oxygens (including phenoxy) is 3. The zero-order valence-corrected chi connectivity index (χ0v) is 11.0. The van der Waals surface area contributed by atoms with Crippen LogP contribution in [0.4, 0.5) is 0 Å². The summed E-state index contributed by atoms with van der Waals surface area (Å²) in [6.07, 6.45) is 9.43. The van der Waals surface area contributed by atoms with E-state index in [9.17, 15) is 0 Å². The lowest BCUT2D eigenvalue weighted by molar-refractivity contribution is 0.0589. The van der Waals surface area contributed by atoms with Gasteiger partial charge in [-0.2, -0.15) is 0 Å². The van der Waals surface area contributed by atoms with Crippen LogP contribution in [0.25, 0.3) is 0 Å². The van der Waals surface area contributed by atoms with E-state index in [2.05, 4.69) is 18.2 Å². The van der Waals surface area contributed by atoms with Gasteiger partial charge in [0.25, 0.3) is 0 Å². The smallest absolute Gasteiger partial charge is 0.230 e. The molecule has 0 fully saturated rings. The summed E-state index contributed by atoms with van der Waals surface area (Å²) in [5.74, 6) is 2.69. The molecule has 0 spiro atoms. The zero-order valence-electron chi connectivity index (χ0n) is 11.0. The summed E-state index contributed by atoms with van der Waals surface area (Å²) in [4.78, 5) is 0. The Kier molecular flexibility index (Phi) is 2.62. The second-order valence-electron chi connectivity index (χ2n) is 4.91. The molecule has 3 aliphatic rings. The van der Waals surface area contributed by atoms with Crippen molar-refractivity contribution in [1.82, 2.24) is 0 Å². The quantitative estimate of drug-likeness (QED) is 0.718. The summed E-state index contributed by atoms with van der Waals surface area (Å²) in [6.45, 7) is 0.231. The Morgan fingerprint density at radius 3 is 3.00 bits per heavy atom. The van der Waals surface area contributed by atoms with Crippen molar-refractivity contribution in [2.24, 2.45) is 0 Å². The van der Waals surface area contributed by atoms with Crippen molar-refractivity contribution in [3.8, 4) is 5.75 Å². The highest BCUT2D eigenvalue weighted by Gasteiger charge is 2.26. The normalized spacial score (nSPS) is 19.8. The number of benzene rings is 1. The van der Waals surface area contributed by atoms with E-state index in [0.717, 1.165) is 41.2 Å². The molecule has 0 atom stereocenters. The molecule has 0 amide bonds. The fraction of sp³-hybridized carbons (Fsp3) is 0.176. The van der Waals surface area contributed by atoms with Crippen LogP contribution >= 0.6 is 0 Å². The van der Waals surface area contributed by atoms with Gasteiger partial charge >= 0.3 is 0 Å². The van der Waals surface area contributed by atoms with Crippen LogP contribution in [0.3, 0.4) is 0 Å². The molecule has 2 aliphatic heterocycles. The van der Waals surface area contributed by atoms with E-state index < -0.39 is 0 Å². The summed E-state index contributed by atoms with van der Waals surface area (Å²) >= 11 is 0. The van der Waals surface area contributed by atoms with Crippen LogP contribution in [0, 0.1) is 0 Å². The van der Waals surface area contributed by atoms with Gasteiger partial charge in [0.1, 0.15) is 17.3 Å². The van der Waals surface area contributed by atoms with Crippen LogP contribution in [0.15, 0.2) is 71.4 Å². The molecule has 0 unspecified atom stereocenters. The first kappa shape index (κ1) is 11.4. The van der Waals surface area contributed by atoms with E-state index >= 15 is 0 Å². The maximum atomic E-state index is 5.74. The minimum Gasteiger partial charge on any atom is -0.464 e. The third-order valence-electron chi connectivity index (χ3n) is 3.70.